The van der Waals surface area contributed by atoms with Crippen LogP contribution in [0.15, 0.2) is 24.3 Å². The van der Waals surface area contributed by atoms with Crippen LogP contribution in [0.3, 0.4) is 0 Å². The zero-order valence-electron chi connectivity index (χ0n) is 15.5. The summed E-state index contributed by atoms with van der Waals surface area (Å²) in [6, 6.07) is 8.31. The highest BCUT2D eigenvalue weighted by Crippen LogP contribution is 2.51. The molecule has 3 aliphatic rings. The molecule has 0 aromatic heterocycles. The molecular weight excluding hydrogens is 346 g/mol. The van der Waals surface area contributed by atoms with Crippen molar-refractivity contribution in [1.82, 2.24) is 4.90 Å². The van der Waals surface area contributed by atoms with E-state index in [0.29, 0.717) is 0 Å². The third-order valence-electron chi connectivity index (χ3n) is 6.04. The number of aliphatic hydroxyl groups is 1. The summed E-state index contributed by atoms with van der Waals surface area (Å²) in [5.74, 6) is 3.08. The third-order valence-corrected chi connectivity index (χ3v) is 6.04. The Morgan fingerprint density at radius 2 is 1.93 bits per heavy atom. The Bertz CT molecular complexity index is 897. The summed E-state index contributed by atoms with van der Waals surface area (Å²) in [6.45, 7) is 2.03. The van der Waals surface area contributed by atoms with Crippen LogP contribution in [0, 0.1) is 0 Å². The molecule has 0 bridgehead atoms. The van der Waals surface area contributed by atoms with Crippen molar-refractivity contribution in [2.24, 2.45) is 0 Å². The van der Waals surface area contributed by atoms with E-state index in [1.807, 2.05) is 6.07 Å². The van der Waals surface area contributed by atoms with Crippen LogP contribution in [0.5, 0.6) is 23.0 Å². The van der Waals surface area contributed by atoms with Gasteiger partial charge in [0.05, 0.1) is 20.8 Å². The normalized spacial score (nSPS) is 22.6. The van der Waals surface area contributed by atoms with Crippen LogP contribution in [0.25, 0.3) is 0 Å². The van der Waals surface area contributed by atoms with Crippen LogP contribution in [-0.4, -0.2) is 44.2 Å². The third kappa shape index (κ3) is 2.40. The van der Waals surface area contributed by atoms with Crippen molar-refractivity contribution in [3.05, 3.63) is 46.5 Å². The molecule has 0 saturated heterocycles. The Hall–Kier alpha value is -2.44. The minimum absolute atomic E-state index is 0.0343. The molecule has 5 rings (SSSR count). The maximum Gasteiger partial charge on any atom is 0.231 e. The first-order chi connectivity index (χ1) is 13.2. The van der Waals surface area contributed by atoms with Gasteiger partial charge in [0.25, 0.3) is 0 Å². The summed E-state index contributed by atoms with van der Waals surface area (Å²) in [5, 5.41) is 10.3. The highest BCUT2D eigenvalue weighted by atomic mass is 16.7. The molecule has 6 nitrogen and oxygen atoms in total. The van der Waals surface area contributed by atoms with Gasteiger partial charge in [-0.1, -0.05) is 6.07 Å². The molecule has 0 amide bonds. The predicted octanol–water partition coefficient (Wildman–Crippen LogP) is 2.62. The topological polar surface area (TPSA) is 60.4 Å². The van der Waals surface area contributed by atoms with Crippen molar-refractivity contribution in [3.8, 4) is 23.0 Å². The van der Waals surface area contributed by atoms with Crippen molar-refractivity contribution >= 4 is 0 Å². The molecule has 3 aliphatic heterocycles. The molecule has 1 N–H and O–H groups in total. The fourth-order valence-corrected chi connectivity index (χ4v) is 4.83. The number of hydrogen-bond acceptors (Lipinski definition) is 6. The van der Waals surface area contributed by atoms with Crippen molar-refractivity contribution in [1.29, 1.82) is 0 Å². The lowest BCUT2D eigenvalue weighted by Gasteiger charge is -2.46. The van der Waals surface area contributed by atoms with E-state index in [4.69, 9.17) is 18.9 Å². The molecule has 2 unspecified atom stereocenters. The van der Waals surface area contributed by atoms with E-state index in [0.717, 1.165) is 53.6 Å². The van der Waals surface area contributed by atoms with Gasteiger partial charge in [-0.3, -0.25) is 4.90 Å². The highest BCUT2D eigenvalue weighted by molar-refractivity contribution is 5.56. The van der Waals surface area contributed by atoms with Gasteiger partial charge in [-0.05, 0) is 41.3 Å². The van der Waals surface area contributed by atoms with Gasteiger partial charge in [-0.25, -0.2) is 0 Å². The van der Waals surface area contributed by atoms with Gasteiger partial charge in [-0.15, -0.1) is 0 Å². The molecule has 27 heavy (non-hydrogen) atoms. The van der Waals surface area contributed by atoms with Gasteiger partial charge in [0, 0.05) is 30.6 Å². The Labute approximate surface area is 158 Å². The first-order valence-corrected chi connectivity index (χ1v) is 9.26. The SMILES string of the molecule is COc1ccc2c(c1OC)CN1CCc3cc4c(cc3C1C2CO)OCO4. The predicted molar refractivity (Wildman–Crippen MR) is 98.8 cm³/mol. The Balaban J connectivity index is 1.65. The minimum atomic E-state index is -0.0343. The van der Waals surface area contributed by atoms with Crippen molar-refractivity contribution < 1.29 is 24.1 Å². The summed E-state index contributed by atoms with van der Waals surface area (Å²) in [7, 11) is 3.32. The van der Waals surface area contributed by atoms with E-state index >= 15 is 0 Å². The van der Waals surface area contributed by atoms with Crippen LogP contribution in [0.4, 0.5) is 0 Å². The molecular formula is C21H23NO5. The van der Waals surface area contributed by atoms with E-state index in [1.165, 1.54) is 11.1 Å². The van der Waals surface area contributed by atoms with E-state index < -0.39 is 0 Å². The number of ether oxygens (including phenoxy) is 4. The summed E-state index contributed by atoms with van der Waals surface area (Å²) < 4.78 is 22.3. The quantitative estimate of drug-likeness (QED) is 0.898. The first kappa shape index (κ1) is 16.7. The zero-order chi connectivity index (χ0) is 18.5. The summed E-state index contributed by atoms with van der Waals surface area (Å²) in [4.78, 5) is 2.43. The van der Waals surface area contributed by atoms with Crippen LogP contribution in [-0.2, 0) is 13.0 Å². The monoisotopic (exact) mass is 369 g/mol. The van der Waals surface area contributed by atoms with Crippen LogP contribution in [0.2, 0.25) is 0 Å². The Kier molecular flexibility index (Phi) is 3.91. The summed E-state index contributed by atoms with van der Waals surface area (Å²) in [6.07, 6.45) is 0.947. The standard InChI is InChI=1S/C21H23NO5/c1-24-17-4-3-13-15(21(17)25-2)9-22-6-5-12-7-18-19(27-11-26-18)8-14(12)20(22)16(13)10-23/h3-4,7-8,16,20,23H,5-6,9-11H2,1-2H3. The Morgan fingerprint density at radius 1 is 1.11 bits per heavy atom. The molecule has 0 spiro atoms. The number of rotatable bonds is 3. The number of aliphatic hydroxyl groups excluding tert-OH is 1. The van der Waals surface area contributed by atoms with Gasteiger partial charge in [0.15, 0.2) is 23.0 Å². The largest absolute Gasteiger partial charge is 0.493 e. The van der Waals surface area contributed by atoms with Crippen molar-refractivity contribution in [2.75, 3.05) is 34.2 Å². The maximum absolute atomic E-state index is 10.3. The molecule has 142 valence electrons. The lowest BCUT2D eigenvalue weighted by atomic mass is 9.76. The molecule has 2 aromatic rings. The molecule has 0 aliphatic carbocycles. The van der Waals surface area contributed by atoms with Gasteiger partial charge >= 0.3 is 0 Å². The molecule has 2 aromatic carbocycles. The number of nitrogens with zero attached hydrogens (tertiary/aromatic N) is 1. The Morgan fingerprint density at radius 3 is 2.67 bits per heavy atom. The van der Waals surface area contributed by atoms with Crippen LogP contribution >= 0.6 is 0 Å². The lowest BCUT2D eigenvalue weighted by Crippen LogP contribution is -2.42. The second-order valence-electron chi connectivity index (χ2n) is 7.23. The second kappa shape index (κ2) is 6.32. The molecule has 0 radical (unpaired) electrons. The molecule has 0 saturated carbocycles. The van der Waals surface area contributed by atoms with E-state index in [1.54, 1.807) is 14.2 Å². The van der Waals surface area contributed by atoms with Gasteiger partial charge in [0.2, 0.25) is 6.79 Å². The van der Waals surface area contributed by atoms with Crippen molar-refractivity contribution in [2.45, 2.75) is 24.9 Å². The molecule has 2 atom stereocenters. The van der Waals surface area contributed by atoms with E-state index in [9.17, 15) is 5.11 Å². The van der Waals surface area contributed by atoms with Gasteiger partial charge in [-0.2, -0.15) is 0 Å². The van der Waals surface area contributed by atoms with Gasteiger partial charge < -0.3 is 24.1 Å². The number of methoxy groups -OCH3 is 2. The second-order valence-corrected chi connectivity index (χ2v) is 7.23. The fourth-order valence-electron chi connectivity index (χ4n) is 4.83. The molecule has 6 heteroatoms. The summed E-state index contributed by atoms with van der Waals surface area (Å²) >= 11 is 0. The number of hydrogen-bond donors (Lipinski definition) is 1. The smallest absolute Gasteiger partial charge is 0.231 e. The van der Waals surface area contributed by atoms with Crippen LogP contribution in [0.1, 0.15) is 34.2 Å². The van der Waals surface area contributed by atoms with E-state index in [-0.39, 0.29) is 25.4 Å². The fraction of sp³-hybridized carbons (Fsp3) is 0.429. The molecule has 3 heterocycles. The van der Waals surface area contributed by atoms with Crippen molar-refractivity contribution in [3.63, 3.8) is 0 Å². The average molecular weight is 369 g/mol. The average Bonchev–Trinajstić information content (AvgIpc) is 3.16. The summed E-state index contributed by atoms with van der Waals surface area (Å²) in [5.41, 5.74) is 4.74. The molecule has 0 fully saturated rings. The van der Waals surface area contributed by atoms with Gasteiger partial charge in [0.1, 0.15) is 0 Å². The highest BCUT2D eigenvalue weighted by Gasteiger charge is 2.41. The maximum atomic E-state index is 10.3. The zero-order valence-corrected chi connectivity index (χ0v) is 15.5. The lowest BCUT2D eigenvalue weighted by molar-refractivity contribution is 0.1000. The number of fused-ring (bicyclic) bond motifs is 5. The number of benzene rings is 2. The van der Waals surface area contributed by atoms with Crippen LogP contribution < -0.4 is 18.9 Å². The van der Waals surface area contributed by atoms with E-state index in [2.05, 4.69) is 23.1 Å². The first-order valence-electron chi connectivity index (χ1n) is 9.26. The minimum Gasteiger partial charge on any atom is -0.493 e.